The van der Waals surface area contributed by atoms with E-state index in [2.05, 4.69) is 21.4 Å². The molecule has 0 aliphatic carbocycles. The highest BCUT2D eigenvalue weighted by atomic mass is 19.1. The highest BCUT2D eigenvalue weighted by molar-refractivity contribution is 5.98. The number of nitriles is 1. The molecule has 2 aromatic heterocycles. The molecule has 0 saturated carbocycles. The first-order valence-electron chi connectivity index (χ1n) is 10.2. The monoisotopic (exact) mass is 444 g/mol. The number of aliphatic carboxylic acids is 1. The van der Waals surface area contributed by atoms with Crippen LogP contribution < -0.4 is 5.32 Å². The van der Waals surface area contributed by atoms with Gasteiger partial charge in [-0.1, -0.05) is 24.3 Å². The van der Waals surface area contributed by atoms with Crippen LogP contribution in [0.1, 0.15) is 18.4 Å². The number of hydrogen-bond acceptors (Lipinski definition) is 5. The Balaban J connectivity index is 1.77. The molecule has 0 fully saturated rings. The first-order chi connectivity index (χ1) is 16.0. The molecule has 0 bridgehead atoms. The molecule has 4 aromatic rings. The Kier molecular flexibility index (Phi) is 6.22. The van der Waals surface area contributed by atoms with Crippen molar-refractivity contribution >= 4 is 22.6 Å². The van der Waals surface area contributed by atoms with Gasteiger partial charge in [0.05, 0.1) is 16.9 Å². The predicted molar refractivity (Wildman–Crippen MR) is 120 cm³/mol. The molecule has 0 spiro atoms. The summed E-state index contributed by atoms with van der Waals surface area (Å²) in [5.74, 6) is -1.94. The van der Waals surface area contributed by atoms with E-state index in [0.717, 1.165) is 11.1 Å². The third kappa shape index (κ3) is 4.77. The van der Waals surface area contributed by atoms with E-state index in [-0.39, 0.29) is 12.0 Å². The fourth-order valence-corrected chi connectivity index (χ4v) is 3.56. The number of nitrogens with zero attached hydrogens (tertiary/aromatic N) is 3. The Bertz CT molecular complexity index is 1360. The van der Waals surface area contributed by atoms with Crippen LogP contribution in [0.4, 0.5) is 14.5 Å². The van der Waals surface area contributed by atoms with E-state index in [9.17, 15) is 18.8 Å². The van der Waals surface area contributed by atoms with Crippen LogP contribution in [0.2, 0.25) is 0 Å². The lowest BCUT2D eigenvalue weighted by atomic mass is 9.99. The van der Waals surface area contributed by atoms with Crippen LogP contribution in [-0.2, 0) is 4.79 Å². The lowest BCUT2D eigenvalue weighted by molar-refractivity contribution is -0.137. The normalized spacial score (nSPS) is 10.7. The molecule has 2 heterocycles. The van der Waals surface area contributed by atoms with Crippen molar-refractivity contribution in [1.82, 2.24) is 9.97 Å². The maximum absolute atomic E-state index is 14.0. The van der Waals surface area contributed by atoms with Crippen molar-refractivity contribution < 1.29 is 18.7 Å². The second-order valence-electron chi connectivity index (χ2n) is 7.35. The number of benzene rings is 2. The predicted octanol–water partition coefficient (Wildman–Crippen LogP) is 5.39. The SMILES string of the molecule is N#Cc1c(-c2ccc(-c3ccc(F)nc3)cc2)nc2ccc(F)cc2c1NCCCC(=O)O. The summed E-state index contributed by atoms with van der Waals surface area (Å²) in [4.78, 5) is 19.1. The molecule has 0 aliphatic heterocycles. The molecule has 0 saturated heterocycles. The Morgan fingerprint density at radius 2 is 1.76 bits per heavy atom. The van der Waals surface area contributed by atoms with Crippen molar-refractivity contribution in [2.45, 2.75) is 12.8 Å². The van der Waals surface area contributed by atoms with Crippen molar-refractivity contribution in [2.75, 3.05) is 11.9 Å². The first-order valence-corrected chi connectivity index (χ1v) is 10.2. The minimum atomic E-state index is -0.917. The van der Waals surface area contributed by atoms with E-state index in [1.165, 1.54) is 30.5 Å². The van der Waals surface area contributed by atoms with Crippen molar-refractivity contribution in [1.29, 1.82) is 5.26 Å². The minimum Gasteiger partial charge on any atom is -0.481 e. The third-order valence-corrected chi connectivity index (χ3v) is 5.15. The van der Waals surface area contributed by atoms with E-state index in [1.54, 1.807) is 18.2 Å². The summed E-state index contributed by atoms with van der Waals surface area (Å²) in [6.07, 6.45) is 1.75. The molecular formula is C25H18F2N4O2. The fourth-order valence-electron chi connectivity index (χ4n) is 3.56. The van der Waals surface area contributed by atoms with Crippen molar-refractivity contribution in [2.24, 2.45) is 0 Å². The maximum Gasteiger partial charge on any atom is 0.303 e. The Labute approximate surface area is 188 Å². The number of nitrogens with one attached hydrogen (secondary N) is 1. The summed E-state index contributed by atoms with van der Waals surface area (Å²) in [7, 11) is 0. The van der Waals surface area contributed by atoms with E-state index >= 15 is 0 Å². The highest BCUT2D eigenvalue weighted by Gasteiger charge is 2.17. The van der Waals surface area contributed by atoms with Crippen LogP contribution in [0.3, 0.4) is 0 Å². The molecule has 0 radical (unpaired) electrons. The highest BCUT2D eigenvalue weighted by Crippen LogP contribution is 2.34. The summed E-state index contributed by atoms with van der Waals surface area (Å²) in [5.41, 5.74) is 3.80. The van der Waals surface area contributed by atoms with Gasteiger partial charge >= 0.3 is 5.97 Å². The van der Waals surface area contributed by atoms with Crippen LogP contribution in [-0.4, -0.2) is 27.6 Å². The van der Waals surface area contributed by atoms with E-state index < -0.39 is 17.7 Å². The van der Waals surface area contributed by atoms with Gasteiger partial charge in [-0.2, -0.15) is 9.65 Å². The first kappa shape index (κ1) is 21.8. The Morgan fingerprint density at radius 1 is 1.03 bits per heavy atom. The number of anilines is 1. The molecule has 0 atom stereocenters. The van der Waals surface area contributed by atoms with Gasteiger partial charge in [0.25, 0.3) is 0 Å². The molecule has 0 unspecified atom stereocenters. The van der Waals surface area contributed by atoms with E-state index in [1.807, 2.05) is 12.1 Å². The summed E-state index contributed by atoms with van der Waals surface area (Å²) in [5, 5.41) is 22.3. The number of aromatic nitrogens is 2. The quantitative estimate of drug-likeness (QED) is 0.293. The second kappa shape index (κ2) is 9.40. The zero-order chi connectivity index (χ0) is 23.4. The summed E-state index contributed by atoms with van der Waals surface area (Å²) in [6, 6.07) is 16.4. The van der Waals surface area contributed by atoms with Gasteiger partial charge in [0.1, 0.15) is 17.4 Å². The number of carboxylic acids is 1. The average Bonchev–Trinajstić information content (AvgIpc) is 2.82. The number of rotatable bonds is 7. The maximum atomic E-state index is 14.0. The topological polar surface area (TPSA) is 98.9 Å². The molecule has 164 valence electrons. The average molecular weight is 444 g/mol. The molecule has 4 rings (SSSR count). The van der Waals surface area contributed by atoms with Gasteiger partial charge in [-0.15, -0.1) is 0 Å². The largest absolute Gasteiger partial charge is 0.481 e. The Morgan fingerprint density at radius 3 is 2.42 bits per heavy atom. The number of carboxylic acid groups (broad SMARTS) is 1. The van der Waals surface area contributed by atoms with Crippen LogP contribution >= 0.6 is 0 Å². The van der Waals surface area contributed by atoms with Crippen LogP contribution in [0.15, 0.2) is 60.8 Å². The molecule has 0 amide bonds. The molecule has 2 N–H and O–H groups in total. The Hall–Kier alpha value is -4.38. The standard InChI is InChI=1S/C25H18F2N4O2/c26-18-8-9-21-19(12-18)25(29-11-1-2-23(32)33)20(13-28)24(31-21)16-5-3-15(4-6-16)17-7-10-22(27)30-14-17/h3-10,12,14H,1-2,11H2,(H,29,31)(H,32,33). The van der Waals surface area contributed by atoms with Gasteiger partial charge < -0.3 is 10.4 Å². The molecule has 33 heavy (non-hydrogen) atoms. The lowest BCUT2D eigenvalue weighted by Gasteiger charge is -2.15. The van der Waals surface area contributed by atoms with Crippen molar-refractivity contribution in [3.05, 3.63) is 78.1 Å². The van der Waals surface area contributed by atoms with Gasteiger partial charge in [-0.25, -0.2) is 14.4 Å². The lowest BCUT2D eigenvalue weighted by Crippen LogP contribution is -2.08. The van der Waals surface area contributed by atoms with Gasteiger partial charge in [0.2, 0.25) is 5.95 Å². The summed E-state index contributed by atoms with van der Waals surface area (Å²) < 4.78 is 27.1. The molecule has 0 aliphatic rings. The summed E-state index contributed by atoms with van der Waals surface area (Å²) in [6.45, 7) is 0.298. The zero-order valence-corrected chi connectivity index (χ0v) is 17.3. The molecule has 6 nitrogen and oxygen atoms in total. The number of pyridine rings is 2. The molecule has 2 aromatic carbocycles. The van der Waals surface area contributed by atoms with Gasteiger partial charge in [-0.3, -0.25) is 4.79 Å². The van der Waals surface area contributed by atoms with Crippen molar-refractivity contribution in [3.63, 3.8) is 0 Å². The summed E-state index contributed by atoms with van der Waals surface area (Å²) >= 11 is 0. The molecule has 8 heteroatoms. The van der Waals surface area contributed by atoms with E-state index in [4.69, 9.17) is 5.11 Å². The third-order valence-electron chi connectivity index (χ3n) is 5.15. The van der Waals surface area contributed by atoms with Gasteiger partial charge in [0, 0.05) is 35.7 Å². The zero-order valence-electron chi connectivity index (χ0n) is 17.3. The van der Waals surface area contributed by atoms with Gasteiger partial charge in [0.15, 0.2) is 0 Å². The van der Waals surface area contributed by atoms with Crippen LogP contribution in [0, 0.1) is 23.1 Å². The number of fused-ring (bicyclic) bond motifs is 1. The smallest absolute Gasteiger partial charge is 0.303 e. The number of carbonyl (C=O) groups is 1. The van der Waals surface area contributed by atoms with Gasteiger partial charge in [-0.05, 0) is 42.3 Å². The number of hydrogen-bond donors (Lipinski definition) is 2. The van der Waals surface area contributed by atoms with Crippen LogP contribution in [0.25, 0.3) is 33.3 Å². The van der Waals surface area contributed by atoms with Crippen LogP contribution in [0.5, 0.6) is 0 Å². The number of halogens is 2. The van der Waals surface area contributed by atoms with Crippen molar-refractivity contribution in [3.8, 4) is 28.5 Å². The fraction of sp³-hybridized carbons (Fsp3) is 0.120. The molecular weight excluding hydrogens is 426 g/mol. The second-order valence-corrected chi connectivity index (χ2v) is 7.35. The minimum absolute atomic E-state index is 0.0289. The van der Waals surface area contributed by atoms with E-state index in [0.29, 0.717) is 40.8 Å².